The molecule has 68 valence electrons. The summed E-state index contributed by atoms with van der Waals surface area (Å²) in [6.45, 7) is 3.15. The highest BCUT2D eigenvalue weighted by Gasteiger charge is 2.40. The molecule has 0 amide bonds. The summed E-state index contributed by atoms with van der Waals surface area (Å²) in [5.74, 6) is -0.0729. The Labute approximate surface area is 68.5 Å². The molecule has 0 spiro atoms. The predicted octanol–water partition coefficient (Wildman–Crippen LogP) is 2.79. The Bertz CT molecular complexity index is 116. The average molecular weight is 191 g/mol. The van der Waals surface area contributed by atoms with Gasteiger partial charge in [0.25, 0.3) is 5.63 Å². The van der Waals surface area contributed by atoms with E-state index >= 15 is 0 Å². The first-order valence-corrected chi connectivity index (χ1v) is 3.60. The van der Waals surface area contributed by atoms with Crippen molar-refractivity contribution in [3.05, 3.63) is 0 Å². The maximum absolute atomic E-state index is 12.2. The summed E-state index contributed by atoms with van der Waals surface area (Å²) in [6, 6.07) is 0. The standard InChI is InChI=1S/C6H10ClF3O/c1-4(2)3-11-6(9,10)5(7)8/h4-5H,3H2,1-2H3. The minimum atomic E-state index is -3.87. The van der Waals surface area contributed by atoms with Crippen molar-refractivity contribution in [1.82, 2.24) is 0 Å². The fourth-order valence-electron chi connectivity index (χ4n) is 0.341. The highest BCUT2D eigenvalue weighted by molar-refractivity contribution is 6.20. The van der Waals surface area contributed by atoms with Crippen LogP contribution < -0.4 is 0 Å². The van der Waals surface area contributed by atoms with Gasteiger partial charge in [0.1, 0.15) is 0 Å². The fraction of sp³-hybridized carbons (Fsp3) is 1.00. The number of alkyl halides is 4. The molecule has 0 aliphatic rings. The monoisotopic (exact) mass is 190 g/mol. The molecule has 0 rings (SSSR count). The van der Waals surface area contributed by atoms with Gasteiger partial charge in [-0.15, -0.1) is 0 Å². The molecule has 0 saturated carbocycles. The average Bonchev–Trinajstić information content (AvgIpc) is 1.84. The number of hydrogen-bond donors (Lipinski definition) is 0. The van der Waals surface area contributed by atoms with E-state index in [1.165, 1.54) is 0 Å². The van der Waals surface area contributed by atoms with Crippen LogP contribution in [-0.2, 0) is 4.74 Å². The Morgan fingerprint density at radius 3 is 2.18 bits per heavy atom. The number of ether oxygens (including phenoxy) is 1. The van der Waals surface area contributed by atoms with Crippen molar-refractivity contribution in [3.8, 4) is 0 Å². The fourth-order valence-corrected chi connectivity index (χ4v) is 0.404. The van der Waals surface area contributed by atoms with Gasteiger partial charge in [-0.05, 0) is 5.92 Å². The molecule has 0 N–H and O–H groups in total. The molecule has 11 heavy (non-hydrogen) atoms. The second-order valence-electron chi connectivity index (χ2n) is 2.57. The van der Waals surface area contributed by atoms with Crippen molar-refractivity contribution >= 4 is 11.6 Å². The maximum Gasteiger partial charge on any atom is 0.400 e. The van der Waals surface area contributed by atoms with Gasteiger partial charge < -0.3 is 4.74 Å². The molecule has 0 saturated heterocycles. The Balaban J connectivity index is 3.73. The summed E-state index contributed by atoms with van der Waals surface area (Å²) in [4.78, 5) is 0. The smallest absolute Gasteiger partial charge is 0.317 e. The Morgan fingerprint density at radius 1 is 1.45 bits per heavy atom. The van der Waals surface area contributed by atoms with Crippen molar-refractivity contribution in [1.29, 1.82) is 0 Å². The van der Waals surface area contributed by atoms with Crippen molar-refractivity contribution in [2.24, 2.45) is 5.92 Å². The first-order chi connectivity index (χ1) is 4.86. The highest BCUT2D eigenvalue weighted by atomic mass is 35.5. The van der Waals surface area contributed by atoms with Gasteiger partial charge in [0, 0.05) is 0 Å². The van der Waals surface area contributed by atoms with E-state index in [1.807, 2.05) is 0 Å². The minimum Gasteiger partial charge on any atom is -0.317 e. The zero-order chi connectivity index (χ0) is 9.07. The number of rotatable bonds is 4. The largest absolute Gasteiger partial charge is 0.400 e. The van der Waals surface area contributed by atoms with Gasteiger partial charge in [0.05, 0.1) is 6.61 Å². The Hall–Kier alpha value is 0.0400. The summed E-state index contributed by atoms with van der Waals surface area (Å²) >= 11 is 4.51. The summed E-state index contributed by atoms with van der Waals surface area (Å²) in [7, 11) is 0. The van der Waals surface area contributed by atoms with Gasteiger partial charge in [-0.1, -0.05) is 25.4 Å². The SMILES string of the molecule is CC(C)COC(F)(F)C(F)Cl. The molecule has 0 radical (unpaired) electrons. The van der Waals surface area contributed by atoms with Crippen LogP contribution in [0.3, 0.4) is 0 Å². The van der Waals surface area contributed by atoms with Crippen LogP contribution in [0.4, 0.5) is 13.2 Å². The highest BCUT2D eigenvalue weighted by Crippen LogP contribution is 2.26. The van der Waals surface area contributed by atoms with Gasteiger partial charge in [0.15, 0.2) is 0 Å². The van der Waals surface area contributed by atoms with E-state index in [9.17, 15) is 13.2 Å². The van der Waals surface area contributed by atoms with Crippen LogP contribution in [0.2, 0.25) is 0 Å². The first kappa shape index (κ1) is 11.0. The molecule has 0 fully saturated rings. The van der Waals surface area contributed by atoms with Gasteiger partial charge in [-0.2, -0.15) is 8.78 Å². The van der Waals surface area contributed by atoms with Crippen LogP contribution in [0.5, 0.6) is 0 Å². The van der Waals surface area contributed by atoms with Crippen LogP contribution in [0.15, 0.2) is 0 Å². The van der Waals surface area contributed by atoms with E-state index in [0.717, 1.165) is 0 Å². The van der Waals surface area contributed by atoms with Gasteiger partial charge >= 0.3 is 6.11 Å². The predicted molar refractivity (Wildman–Crippen MR) is 36.5 cm³/mol. The molecule has 1 nitrogen and oxygen atoms in total. The van der Waals surface area contributed by atoms with Gasteiger partial charge in [0.2, 0.25) is 0 Å². The van der Waals surface area contributed by atoms with Crippen LogP contribution in [0.25, 0.3) is 0 Å². The van der Waals surface area contributed by atoms with E-state index < -0.39 is 11.7 Å². The van der Waals surface area contributed by atoms with E-state index in [-0.39, 0.29) is 12.5 Å². The lowest BCUT2D eigenvalue weighted by Crippen LogP contribution is -2.30. The molecule has 0 aromatic heterocycles. The molecule has 0 bridgehead atoms. The van der Waals surface area contributed by atoms with Crippen molar-refractivity contribution < 1.29 is 17.9 Å². The summed E-state index contributed by atoms with van der Waals surface area (Å²) < 4.78 is 40.1. The number of hydrogen-bond acceptors (Lipinski definition) is 1. The maximum atomic E-state index is 12.2. The molecule has 1 atom stereocenters. The van der Waals surface area contributed by atoms with Crippen molar-refractivity contribution in [3.63, 3.8) is 0 Å². The lowest BCUT2D eigenvalue weighted by atomic mass is 10.2. The van der Waals surface area contributed by atoms with Crippen LogP contribution in [0, 0.1) is 5.92 Å². The molecular weight excluding hydrogens is 181 g/mol. The molecule has 0 aromatic carbocycles. The van der Waals surface area contributed by atoms with E-state index in [0.29, 0.717) is 0 Å². The van der Waals surface area contributed by atoms with E-state index in [4.69, 9.17) is 0 Å². The van der Waals surface area contributed by atoms with Crippen molar-refractivity contribution in [2.45, 2.75) is 25.6 Å². The normalized spacial score (nSPS) is 15.5. The lowest BCUT2D eigenvalue weighted by molar-refractivity contribution is -0.260. The quantitative estimate of drug-likeness (QED) is 0.620. The molecule has 0 aromatic rings. The van der Waals surface area contributed by atoms with E-state index in [2.05, 4.69) is 16.3 Å². The zero-order valence-electron chi connectivity index (χ0n) is 6.28. The Kier molecular flexibility index (Phi) is 4.18. The van der Waals surface area contributed by atoms with Crippen LogP contribution >= 0.6 is 11.6 Å². The second kappa shape index (κ2) is 4.16. The second-order valence-corrected chi connectivity index (χ2v) is 2.95. The van der Waals surface area contributed by atoms with Crippen LogP contribution in [0.1, 0.15) is 13.8 Å². The molecule has 1 unspecified atom stereocenters. The van der Waals surface area contributed by atoms with Gasteiger partial charge in [-0.3, -0.25) is 0 Å². The molecule has 0 heterocycles. The topological polar surface area (TPSA) is 9.23 Å². The minimum absolute atomic E-state index is 0.0729. The summed E-state index contributed by atoms with van der Waals surface area (Å²) in [5, 5.41) is 0. The van der Waals surface area contributed by atoms with Crippen molar-refractivity contribution in [2.75, 3.05) is 6.61 Å². The molecular formula is C6H10ClF3O. The first-order valence-electron chi connectivity index (χ1n) is 3.16. The molecule has 0 aliphatic carbocycles. The lowest BCUT2D eigenvalue weighted by Gasteiger charge is -2.17. The third-order valence-corrected chi connectivity index (χ3v) is 1.12. The Morgan fingerprint density at radius 2 is 1.91 bits per heavy atom. The molecule has 5 heteroatoms. The van der Waals surface area contributed by atoms with Crippen LogP contribution in [-0.4, -0.2) is 18.3 Å². The zero-order valence-corrected chi connectivity index (χ0v) is 7.04. The molecule has 0 aliphatic heterocycles. The third kappa shape index (κ3) is 4.48. The van der Waals surface area contributed by atoms with Gasteiger partial charge in [-0.25, -0.2) is 4.39 Å². The summed E-state index contributed by atoms with van der Waals surface area (Å²) in [6.07, 6.45) is -3.87. The summed E-state index contributed by atoms with van der Waals surface area (Å²) in [5.41, 5.74) is -2.78. The van der Waals surface area contributed by atoms with E-state index in [1.54, 1.807) is 13.8 Å². The number of halogens is 4. The third-order valence-electron chi connectivity index (χ3n) is 0.863.